The van der Waals surface area contributed by atoms with Crippen LogP contribution < -0.4 is 5.32 Å². The van der Waals surface area contributed by atoms with Crippen LogP contribution in [0.5, 0.6) is 0 Å². The SMILES string of the molecule is CC1CCC2CCCCC2N1.O. The van der Waals surface area contributed by atoms with Crippen molar-refractivity contribution in [1.29, 1.82) is 0 Å². The second kappa shape index (κ2) is 4.24. The topological polar surface area (TPSA) is 43.5 Å². The summed E-state index contributed by atoms with van der Waals surface area (Å²) >= 11 is 0. The van der Waals surface area contributed by atoms with E-state index in [2.05, 4.69) is 12.2 Å². The third-order valence-corrected chi connectivity index (χ3v) is 3.38. The van der Waals surface area contributed by atoms with E-state index in [1.807, 2.05) is 0 Å². The minimum Gasteiger partial charge on any atom is -0.412 e. The predicted molar refractivity (Wildman–Crippen MR) is 51.2 cm³/mol. The van der Waals surface area contributed by atoms with Gasteiger partial charge in [0, 0.05) is 12.1 Å². The van der Waals surface area contributed by atoms with E-state index in [9.17, 15) is 0 Å². The molecule has 1 heterocycles. The van der Waals surface area contributed by atoms with Gasteiger partial charge in [-0.3, -0.25) is 0 Å². The quantitative estimate of drug-likeness (QED) is 0.589. The molecule has 12 heavy (non-hydrogen) atoms. The maximum Gasteiger partial charge on any atom is 0.00978 e. The standard InChI is InChI=1S/C10H19N.H2O/c1-8-6-7-9-4-2-3-5-10(9)11-8;/h8-11H,2-7H2,1H3;1H2. The molecule has 1 aliphatic carbocycles. The van der Waals surface area contributed by atoms with E-state index in [4.69, 9.17) is 0 Å². The second-order valence-electron chi connectivity index (χ2n) is 4.30. The van der Waals surface area contributed by atoms with Crippen molar-refractivity contribution in [3.63, 3.8) is 0 Å². The van der Waals surface area contributed by atoms with Crippen LogP contribution in [0.25, 0.3) is 0 Å². The van der Waals surface area contributed by atoms with Gasteiger partial charge in [-0.1, -0.05) is 12.8 Å². The summed E-state index contributed by atoms with van der Waals surface area (Å²) in [5.74, 6) is 1.03. The molecule has 0 amide bonds. The highest BCUT2D eigenvalue weighted by atomic mass is 16.0. The molecule has 3 N–H and O–H groups in total. The van der Waals surface area contributed by atoms with E-state index in [0.29, 0.717) is 0 Å². The van der Waals surface area contributed by atoms with E-state index in [1.54, 1.807) is 0 Å². The van der Waals surface area contributed by atoms with Crippen LogP contribution in [0.3, 0.4) is 0 Å². The summed E-state index contributed by atoms with van der Waals surface area (Å²) in [6.45, 7) is 2.32. The van der Waals surface area contributed by atoms with Gasteiger partial charge in [0.2, 0.25) is 0 Å². The molecule has 2 nitrogen and oxygen atoms in total. The van der Waals surface area contributed by atoms with Crippen molar-refractivity contribution in [3.05, 3.63) is 0 Å². The Kier molecular flexibility index (Phi) is 3.53. The molecule has 1 aliphatic heterocycles. The molecule has 0 aromatic carbocycles. The normalized spacial score (nSPS) is 41.2. The Hall–Kier alpha value is -0.0800. The summed E-state index contributed by atoms with van der Waals surface area (Å²) in [6, 6.07) is 1.67. The fraction of sp³-hybridized carbons (Fsp3) is 1.00. The minimum absolute atomic E-state index is 0. The molecular formula is C10H21NO. The van der Waals surface area contributed by atoms with E-state index in [1.165, 1.54) is 38.5 Å². The Morgan fingerprint density at radius 1 is 1.00 bits per heavy atom. The Morgan fingerprint density at radius 2 is 1.75 bits per heavy atom. The third-order valence-electron chi connectivity index (χ3n) is 3.38. The lowest BCUT2D eigenvalue weighted by atomic mass is 9.78. The van der Waals surface area contributed by atoms with Crippen LogP contribution in [0.2, 0.25) is 0 Å². The zero-order valence-electron chi connectivity index (χ0n) is 7.97. The molecule has 3 atom stereocenters. The molecule has 0 spiro atoms. The van der Waals surface area contributed by atoms with Gasteiger partial charge in [-0.25, -0.2) is 0 Å². The predicted octanol–water partition coefficient (Wildman–Crippen LogP) is 1.49. The van der Waals surface area contributed by atoms with Crippen LogP contribution in [0.15, 0.2) is 0 Å². The van der Waals surface area contributed by atoms with Gasteiger partial charge in [-0.15, -0.1) is 0 Å². The Balaban J connectivity index is 0.000000720. The average molecular weight is 171 g/mol. The van der Waals surface area contributed by atoms with Gasteiger partial charge in [-0.2, -0.15) is 0 Å². The van der Waals surface area contributed by atoms with Crippen molar-refractivity contribution in [2.24, 2.45) is 5.92 Å². The molecule has 0 bridgehead atoms. The molecular weight excluding hydrogens is 150 g/mol. The number of hydrogen-bond acceptors (Lipinski definition) is 1. The molecule has 2 fully saturated rings. The first-order valence-corrected chi connectivity index (χ1v) is 5.12. The first-order valence-electron chi connectivity index (χ1n) is 5.12. The fourth-order valence-electron chi connectivity index (χ4n) is 2.69. The molecule has 0 aromatic rings. The van der Waals surface area contributed by atoms with Crippen LogP contribution >= 0.6 is 0 Å². The van der Waals surface area contributed by atoms with Crippen molar-refractivity contribution in [2.45, 2.75) is 57.5 Å². The lowest BCUT2D eigenvalue weighted by molar-refractivity contribution is 0.182. The fourth-order valence-corrected chi connectivity index (χ4v) is 2.69. The van der Waals surface area contributed by atoms with Crippen LogP contribution in [0.4, 0.5) is 0 Å². The van der Waals surface area contributed by atoms with E-state index < -0.39 is 0 Å². The zero-order valence-corrected chi connectivity index (χ0v) is 7.97. The Labute approximate surface area is 75.0 Å². The summed E-state index contributed by atoms with van der Waals surface area (Å²) in [5, 5.41) is 3.72. The first kappa shape index (κ1) is 10.0. The number of hydrogen-bond donors (Lipinski definition) is 1. The highest BCUT2D eigenvalue weighted by Crippen LogP contribution is 2.31. The highest BCUT2D eigenvalue weighted by Gasteiger charge is 2.29. The van der Waals surface area contributed by atoms with Gasteiger partial charge in [0.25, 0.3) is 0 Å². The monoisotopic (exact) mass is 171 g/mol. The van der Waals surface area contributed by atoms with Crippen LogP contribution in [0.1, 0.15) is 45.4 Å². The Bertz CT molecular complexity index is 138. The van der Waals surface area contributed by atoms with Gasteiger partial charge in [0.1, 0.15) is 0 Å². The summed E-state index contributed by atoms with van der Waals surface area (Å²) in [5.41, 5.74) is 0. The molecule has 0 radical (unpaired) electrons. The van der Waals surface area contributed by atoms with Crippen molar-refractivity contribution in [1.82, 2.24) is 5.32 Å². The minimum atomic E-state index is 0. The van der Waals surface area contributed by atoms with Crippen molar-refractivity contribution in [2.75, 3.05) is 0 Å². The average Bonchev–Trinajstić information content (AvgIpc) is 2.04. The first-order chi connectivity index (χ1) is 5.36. The number of piperidine rings is 1. The lowest BCUT2D eigenvalue weighted by Crippen LogP contribution is -2.47. The van der Waals surface area contributed by atoms with Gasteiger partial charge < -0.3 is 10.8 Å². The van der Waals surface area contributed by atoms with E-state index in [0.717, 1.165) is 18.0 Å². The van der Waals surface area contributed by atoms with Crippen LogP contribution in [-0.2, 0) is 0 Å². The molecule has 2 rings (SSSR count). The summed E-state index contributed by atoms with van der Waals surface area (Å²) < 4.78 is 0. The number of nitrogens with one attached hydrogen (secondary N) is 1. The zero-order chi connectivity index (χ0) is 7.68. The lowest BCUT2D eigenvalue weighted by Gasteiger charge is -2.39. The van der Waals surface area contributed by atoms with Gasteiger partial charge in [0.15, 0.2) is 0 Å². The van der Waals surface area contributed by atoms with Crippen molar-refractivity contribution in [3.8, 4) is 0 Å². The molecule has 3 unspecified atom stereocenters. The molecule has 0 aromatic heterocycles. The van der Waals surface area contributed by atoms with Crippen LogP contribution in [-0.4, -0.2) is 17.6 Å². The maximum absolute atomic E-state index is 3.72. The molecule has 72 valence electrons. The van der Waals surface area contributed by atoms with Gasteiger partial charge in [0.05, 0.1) is 0 Å². The van der Waals surface area contributed by atoms with Gasteiger partial charge in [-0.05, 0) is 38.5 Å². The Morgan fingerprint density at radius 3 is 2.58 bits per heavy atom. The van der Waals surface area contributed by atoms with Crippen LogP contribution in [0, 0.1) is 5.92 Å². The number of rotatable bonds is 0. The molecule has 1 saturated carbocycles. The highest BCUT2D eigenvalue weighted by molar-refractivity contribution is 4.87. The summed E-state index contributed by atoms with van der Waals surface area (Å²) in [7, 11) is 0. The molecule has 2 heteroatoms. The van der Waals surface area contributed by atoms with E-state index in [-0.39, 0.29) is 5.48 Å². The molecule has 2 aliphatic rings. The second-order valence-corrected chi connectivity index (χ2v) is 4.30. The summed E-state index contributed by atoms with van der Waals surface area (Å²) in [4.78, 5) is 0. The maximum atomic E-state index is 3.72. The van der Waals surface area contributed by atoms with Gasteiger partial charge >= 0.3 is 0 Å². The molecule has 1 saturated heterocycles. The number of fused-ring (bicyclic) bond motifs is 1. The largest absolute Gasteiger partial charge is 0.412 e. The van der Waals surface area contributed by atoms with E-state index >= 15 is 0 Å². The smallest absolute Gasteiger partial charge is 0.00978 e. The van der Waals surface area contributed by atoms with Crippen molar-refractivity contribution < 1.29 is 5.48 Å². The van der Waals surface area contributed by atoms with Crippen molar-refractivity contribution >= 4 is 0 Å². The summed E-state index contributed by atoms with van der Waals surface area (Å²) in [6.07, 6.45) is 8.76. The third kappa shape index (κ3) is 1.99.